The molecule has 4 heterocycles. The van der Waals surface area contributed by atoms with E-state index < -0.39 is 0 Å². The van der Waals surface area contributed by atoms with Crippen molar-refractivity contribution >= 4 is 0 Å². The van der Waals surface area contributed by atoms with Gasteiger partial charge in [-0.05, 0) is 25.1 Å². The molecule has 0 bridgehead atoms. The molecule has 2 saturated heterocycles. The predicted octanol–water partition coefficient (Wildman–Crippen LogP) is 1.99. The molecule has 0 radical (unpaired) electrons. The van der Waals surface area contributed by atoms with Crippen LogP contribution >= 0.6 is 0 Å². The van der Waals surface area contributed by atoms with Crippen LogP contribution in [-0.4, -0.2) is 51.3 Å². The van der Waals surface area contributed by atoms with Gasteiger partial charge in [0.15, 0.2) is 0 Å². The number of aromatic nitrogens is 3. The lowest BCUT2D eigenvalue weighted by Crippen LogP contribution is -2.65. The minimum atomic E-state index is -0.0818. The molecule has 24 heavy (non-hydrogen) atoms. The van der Waals surface area contributed by atoms with E-state index in [4.69, 9.17) is 9.47 Å². The van der Waals surface area contributed by atoms with Crippen LogP contribution in [0.2, 0.25) is 0 Å². The van der Waals surface area contributed by atoms with Gasteiger partial charge in [-0.3, -0.25) is 9.88 Å². The van der Waals surface area contributed by atoms with Crippen LogP contribution in [0.3, 0.4) is 0 Å². The largest absolute Gasteiger partial charge is 0.460 e. The van der Waals surface area contributed by atoms with Crippen molar-refractivity contribution in [2.75, 3.05) is 19.7 Å². The van der Waals surface area contributed by atoms with Crippen LogP contribution in [0.25, 0.3) is 0 Å². The van der Waals surface area contributed by atoms with Crippen LogP contribution in [-0.2, 0) is 11.3 Å². The average Bonchev–Trinajstić information content (AvgIpc) is 2.55. The highest BCUT2D eigenvalue weighted by atomic mass is 16.5. The summed E-state index contributed by atoms with van der Waals surface area (Å²) >= 11 is 0. The number of nitrogens with zero attached hydrogens (tertiary/aromatic N) is 4. The molecule has 4 rings (SSSR count). The second-order valence-electron chi connectivity index (χ2n) is 6.71. The Morgan fingerprint density at radius 2 is 2.17 bits per heavy atom. The molecule has 0 aromatic carbocycles. The maximum Gasteiger partial charge on any atom is 0.316 e. The summed E-state index contributed by atoms with van der Waals surface area (Å²) in [5.74, 6) is 0. The van der Waals surface area contributed by atoms with Gasteiger partial charge in [-0.2, -0.15) is 0 Å². The van der Waals surface area contributed by atoms with Crippen molar-refractivity contribution in [1.82, 2.24) is 19.9 Å². The quantitative estimate of drug-likeness (QED) is 0.856. The molecule has 0 aliphatic carbocycles. The Kier molecular flexibility index (Phi) is 4.16. The Bertz CT molecular complexity index is 688. The molecule has 6 nitrogen and oxygen atoms in total. The second-order valence-corrected chi connectivity index (χ2v) is 6.71. The Morgan fingerprint density at radius 3 is 2.96 bits per heavy atom. The van der Waals surface area contributed by atoms with E-state index in [1.54, 1.807) is 6.20 Å². The molecule has 126 valence electrons. The first kappa shape index (κ1) is 15.5. The van der Waals surface area contributed by atoms with E-state index in [9.17, 15) is 0 Å². The van der Waals surface area contributed by atoms with Gasteiger partial charge >= 0.3 is 6.01 Å². The summed E-state index contributed by atoms with van der Waals surface area (Å²) in [7, 11) is 0. The van der Waals surface area contributed by atoms with Crippen molar-refractivity contribution in [2.45, 2.75) is 38.0 Å². The van der Waals surface area contributed by atoms with Gasteiger partial charge < -0.3 is 9.47 Å². The molecule has 0 amide bonds. The zero-order chi connectivity index (χ0) is 16.4. The highest BCUT2D eigenvalue weighted by Gasteiger charge is 2.48. The van der Waals surface area contributed by atoms with Crippen molar-refractivity contribution in [1.29, 1.82) is 0 Å². The summed E-state index contributed by atoms with van der Waals surface area (Å²) in [5, 5.41) is 0. The number of rotatable bonds is 4. The standard InChI is InChI=1S/C18H22N4O2/c1-14-5-8-20-17(21-14)24-16-6-9-23-18(10-16)12-22(13-18)11-15-4-2-3-7-19-15/h2-5,7-8,16H,6,9-13H2,1H3/t16-/m1/s1. The highest BCUT2D eigenvalue weighted by Crippen LogP contribution is 2.35. The topological polar surface area (TPSA) is 60.4 Å². The van der Waals surface area contributed by atoms with Gasteiger partial charge in [-0.1, -0.05) is 6.07 Å². The monoisotopic (exact) mass is 326 g/mol. The minimum Gasteiger partial charge on any atom is -0.460 e. The first-order valence-corrected chi connectivity index (χ1v) is 8.43. The van der Waals surface area contributed by atoms with Gasteiger partial charge in [-0.25, -0.2) is 9.97 Å². The van der Waals surface area contributed by atoms with E-state index in [0.717, 1.165) is 50.5 Å². The maximum atomic E-state index is 6.08. The third-order valence-electron chi connectivity index (χ3n) is 4.63. The van der Waals surface area contributed by atoms with Gasteiger partial charge in [0.05, 0.1) is 17.9 Å². The molecular weight excluding hydrogens is 304 g/mol. The second kappa shape index (κ2) is 6.45. The lowest BCUT2D eigenvalue weighted by Gasteiger charge is -2.52. The van der Waals surface area contributed by atoms with E-state index >= 15 is 0 Å². The Balaban J connectivity index is 1.33. The molecular formula is C18H22N4O2. The fraction of sp³-hybridized carbons (Fsp3) is 0.500. The summed E-state index contributed by atoms with van der Waals surface area (Å²) in [6.45, 7) is 5.41. The molecule has 1 spiro atoms. The fourth-order valence-electron chi connectivity index (χ4n) is 3.54. The molecule has 2 aromatic rings. The van der Waals surface area contributed by atoms with Crippen LogP contribution in [0, 0.1) is 6.92 Å². The normalized spacial score (nSPS) is 23.0. The summed E-state index contributed by atoms with van der Waals surface area (Å²) in [6.07, 6.45) is 5.48. The van der Waals surface area contributed by atoms with Crippen molar-refractivity contribution < 1.29 is 9.47 Å². The molecule has 2 aliphatic rings. The minimum absolute atomic E-state index is 0.0818. The number of likely N-dealkylation sites (tertiary alicyclic amines) is 1. The van der Waals surface area contributed by atoms with Crippen LogP contribution in [0.4, 0.5) is 0 Å². The summed E-state index contributed by atoms with van der Waals surface area (Å²) in [5.41, 5.74) is 1.94. The zero-order valence-corrected chi connectivity index (χ0v) is 13.9. The van der Waals surface area contributed by atoms with E-state index in [2.05, 4.69) is 25.9 Å². The average molecular weight is 326 g/mol. The van der Waals surface area contributed by atoms with Crippen molar-refractivity contribution in [2.24, 2.45) is 0 Å². The van der Waals surface area contributed by atoms with Gasteiger partial charge in [0, 0.05) is 50.6 Å². The van der Waals surface area contributed by atoms with Gasteiger partial charge in [0.25, 0.3) is 0 Å². The first-order valence-electron chi connectivity index (χ1n) is 8.43. The van der Waals surface area contributed by atoms with Crippen molar-refractivity contribution in [3.05, 3.63) is 48.0 Å². The number of aryl methyl sites for hydroxylation is 1. The summed E-state index contributed by atoms with van der Waals surface area (Å²) in [4.78, 5) is 15.3. The number of pyridine rings is 1. The lowest BCUT2D eigenvalue weighted by molar-refractivity contribution is -0.188. The van der Waals surface area contributed by atoms with E-state index in [-0.39, 0.29) is 11.7 Å². The lowest BCUT2D eigenvalue weighted by atomic mass is 9.84. The summed E-state index contributed by atoms with van der Waals surface area (Å²) < 4.78 is 12.1. The highest BCUT2D eigenvalue weighted by molar-refractivity contribution is 5.09. The van der Waals surface area contributed by atoms with Gasteiger partial charge in [0.2, 0.25) is 0 Å². The van der Waals surface area contributed by atoms with Gasteiger partial charge in [0.1, 0.15) is 6.10 Å². The van der Waals surface area contributed by atoms with Crippen LogP contribution in [0.15, 0.2) is 36.7 Å². The molecule has 0 N–H and O–H groups in total. The van der Waals surface area contributed by atoms with Crippen molar-refractivity contribution in [3.8, 4) is 6.01 Å². The molecule has 0 saturated carbocycles. The number of hydrogen-bond acceptors (Lipinski definition) is 6. The fourth-order valence-corrected chi connectivity index (χ4v) is 3.54. The molecule has 1 atom stereocenters. The van der Waals surface area contributed by atoms with Crippen LogP contribution < -0.4 is 4.74 Å². The van der Waals surface area contributed by atoms with E-state index in [1.807, 2.05) is 31.3 Å². The Labute approximate surface area is 141 Å². The third kappa shape index (κ3) is 3.39. The zero-order valence-electron chi connectivity index (χ0n) is 13.9. The molecule has 6 heteroatoms. The number of hydrogen-bond donors (Lipinski definition) is 0. The smallest absolute Gasteiger partial charge is 0.316 e. The molecule has 0 unspecified atom stereocenters. The SMILES string of the molecule is Cc1ccnc(O[C@@H]2CCOC3(C2)CN(Cc2ccccn2)C3)n1. The Morgan fingerprint density at radius 1 is 1.25 bits per heavy atom. The maximum absolute atomic E-state index is 6.08. The van der Waals surface area contributed by atoms with Crippen LogP contribution in [0.1, 0.15) is 24.2 Å². The first-order chi connectivity index (χ1) is 11.7. The predicted molar refractivity (Wildman–Crippen MR) is 88.6 cm³/mol. The molecule has 2 fully saturated rings. The van der Waals surface area contributed by atoms with Gasteiger partial charge in [-0.15, -0.1) is 0 Å². The van der Waals surface area contributed by atoms with E-state index in [1.165, 1.54) is 0 Å². The number of ether oxygens (including phenoxy) is 2. The molecule has 2 aromatic heterocycles. The third-order valence-corrected chi connectivity index (χ3v) is 4.63. The van der Waals surface area contributed by atoms with Crippen LogP contribution in [0.5, 0.6) is 6.01 Å². The Hall–Kier alpha value is -2.05. The molecule has 2 aliphatic heterocycles. The van der Waals surface area contributed by atoms with E-state index in [0.29, 0.717) is 6.01 Å². The van der Waals surface area contributed by atoms with Crippen molar-refractivity contribution in [3.63, 3.8) is 0 Å². The summed E-state index contributed by atoms with van der Waals surface area (Å²) in [6, 6.07) is 8.39.